The van der Waals surface area contributed by atoms with Gasteiger partial charge in [-0.1, -0.05) is 20.8 Å². The number of rotatable bonds is 8. The van der Waals surface area contributed by atoms with E-state index in [4.69, 9.17) is 5.11 Å². The minimum Gasteiger partial charge on any atom is -0.396 e. The summed E-state index contributed by atoms with van der Waals surface area (Å²) in [6.07, 6.45) is 4.74. The number of hydrogen-bond acceptors (Lipinski definition) is 3. The van der Waals surface area contributed by atoms with Gasteiger partial charge < -0.3 is 10.4 Å². The van der Waals surface area contributed by atoms with Crippen LogP contribution in [0, 0.1) is 11.8 Å². The molecule has 1 amide bonds. The Kier molecular flexibility index (Phi) is 5.39. The third kappa shape index (κ3) is 4.30. The van der Waals surface area contributed by atoms with E-state index in [1.807, 2.05) is 11.6 Å². The summed E-state index contributed by atoms with van der Waals surface area (Å²) in [6.45, 7) is 7.97. The first-order valence-electron chi connectivity index (χ1n) is 7.97. The fourth-order valence-corrected chi connectivity index (χ4v) is 2.53. The minimum absolute atomic E-state index is 0.0308. The number of hydrogen-bond donors (Lipinski definition) is 2. The minimum atomic E-state index is -0.0308. The monoisotopic (exact) mass is 293 g/mol. The van der Waals surface area contributed by atoms with E-state index in [9.17, 15) is 4.79 Å². The van der Waals surface area contributed by atoms with Crippen molar-refractivity contribution in [1.82, 2.24) is 15.1 Å². The summed E-state index contributed by atoms with van der Waals surface area (Å²) in [5.41, 5.74) is 1.84. The highest BCUT2D eigenvalue weighted by atomic mass is 16.3. The fraction of sp³-hybridized carbons (Fsp3) is 0.750. The summed E-state index contributed by atoms with van der Waals surface area (Å²) in [6, 6.07) is 0. The van der Waals surface area contributed by atoms with Crippen LogP contribution in [0.3, 0.4) is 0 Å². The Hall–Kier alpha value is -1.36. The number of carbonyl (C=O) groups is 1. The molecule has 1 aliphatic rings. The predicted molar refractivity (Wildman–Crippen MR) is 82.2 cm³/mol. The van der Waals surface area contributed by atoms with Crippen LogP contribution in [0.4, 0.5) is 0 Å². The SMILES string of the molecule is CC(C)Cn1ncc(C(=O)NCC(C)CCO)c1C1CC1. The molecular formula is C16H27N3O2. The van der Waals surface area contributed by atoms with E-state index >= 15 is 0 Å². The summed E-state index contributed by atoms with van der Waals surface area (Å²) in [5, 5.41) is 16.3. The number of nitrogens with zero attached hydrogens (tertiary/aromatic N) is 2. The average Bonchev–Trinajstić information content (AvgIpc) is 3.17. The standard InChI is InChI=1S/C16H27N3O2/c1-11(2)10-19-15(13-4-5-13)14(9-18-19)16(21)17-8-12(3)6-7-20/h9,11-13,20H,4-8,10H2,1-3H3,(H,17,21). The van der Waals surface area contributed by atoms with Gasteiger partial charge in [0.25, 0.3) is 5.91 Å². The molecule has 1 aromatic heterocycles. The van der Waals surface area contributed by atoms with Gasteiger partial charge in [0, 0.05) is 25.6 Å². The van der Waals surface area contributed by atoms with Crippen LogP contribution in [0.25, 0.3) is 0 Å². The van der Waals surface area contributed by atoms with Crippen molar-refractivity contribution in [3.63, 3.8) is 0 Å². The lowest BCUT2D eigenvalue weighted by atomic mass is 10.1. The van der Waals surface area contributed by atoms with Gasteiger partial charge in [0.05, 0.1) is 17.5 Å². The maximum Gasteiger partial charge on any atom is 0.254 e. The Morgan fingerprint density at radius 3 is 2.76 bits per heavy atom. The molecule has 0 aromatic carbocycles. The van der Waals surface area contributed by atoms with E-state index in [-0.39, 0.29) is 18.4 Å². The second-order valence-corrected chi connectivity index (χ2v) is 6.62. The lowest BCUT2D eigenvalue weighted by Gasteiger charge is -2.13. The van der Waals surface area contributed by atoms with E-state index in [0.717, 1.165) is 30.6 Å². The molecule has 0 saturated heterocycles. The maximum atomic E-state index is 12.4. The number of nitrogens with one attached hydrogen (secondary N) is 1. The van der Waals surface area contributed by atoms with Gasteiger partial charge in [-0.25, -0.2) is 0 Å². The summed E-state index contributed by atoms with van der Waals surface area (Å²) < 4.78 is 2.01. The van der Waals surface area contributed by atoms with Gasteiger partial charge >= 0.3 is 0 Å². The van der Waals surface area contributed by atoms with Gasteiger partial charge in [0.1, 0.15) is 0 Å². The van der Waals surface area contributed by atoms with Gasteiger partial charge in [0.2, 0.25) is 0 Å². The van der Waals surface area contributed by atoms with Crippen molar-refractivity contribution in [2.45, 2.75) is 52.5 Å². The van der Waals surface area contributed by atoms with E-state index in [0.29, 0.717) is 24.8 Å². The molecule has 1 unspecified atom stereocenters. The van der Waals surface area contributed by atoms with Crippen LogP contribution in [0.15, 0.2) is 6.20 Å². The van der Waals surface area contributed by atoms with Crippen LogP contribution in [0.5, 0.6) is 0 Å². The van der Waals surface area contributed by atoms with Crippen LogP contribution in [-0.4, -0.2) is 33.9 Å². The Morgan fingerprint density at radius 2 is 2.19 bits per heavy atom. The average molecular weight is 293 g/mol. The van der Waals surface area contributed by atoms with Crippen molar-refractivity contribution >= 4 is 5.91 Å². The van der Waals surface area contributed by atoms with E-state index < -0.39 is 0 Å². The third-order valence-electron chi connectivity index (χ3n) is 3.86. The summed E-state index contributed by atoms with van der Waals surface area (Å²) >= 11 is 0. The summed E-state index contributed by atoms with van der Waals surface area (Å²) in [4.78, 5) is 12.4. The molecule has 1 atom stereocenters. The first-order chi connectivity index (χ1) is 10.0. The first kappa shape index (κ1) is 16.0. The first-order valence-corrected chi connectivity index (χ1v) is 7.97. The van der Waals surface area contributed by atoms with Gasteiger partial charge in [-0.2, -0.15) is 5.10 Å². The molecule has 1 heterocycles. The van der Waals surface area contributed by atoms with Crippen LogP contribution in [-0.2, 0) is 6.54 Å². The fourth-order valence-electron chi connectivity index (χ4n) is 2.53. The Balaban J connectivity index is 2.04. The lowest BCUT2D eigenvalue weighted by Crippen LogP contribution is -2.29. The van der Waals surface area contributed by atoms with E-state index in [2.05, 4.69) is 24.3 Å². The molecule has 5 heteroatoms. The number of aliphatic hydroxyl groups excluding tert-OH is 1. The summed E-state index contributed by atoms with van der Waals surface area (Å²) in [7, 11) is 0. The van der Waals surface area contributed by atoms with Crippen molar-refractivity contribution in [3.05, 3.63) is 17.5 Å². The molecule has 1 aromatic rings. The maximum absolute atomic E-state index is 12.4. The zero-order valence-corrected chi connectivity index (χ0v) is 13.3. The molecule has 0 bridgehead atoms. The molecule has 2 rings (SSSR count). The Morgan fingerprint density at radius 1 is 1.48 bits per heavy atom. The highest BCUT2D eigenvalue weighted by Gasteiger charge is 2.32. The van der Waals surface area contributed by atoms with Crippen molar-refractivity contribution in [2.24, 2.45) is 11.8 Å². The second kappa shape index (κ2) is 7.07. The molecule has 5 nitrogen and oxygen atoms in total. The van der Waals surface area contributed by atoms with Gasteiger partial charge in [-0.3, -0.25) is 9.48 Å². The third-order valence-corrected chi connectivity index (χ3v) is 3.86. The molecular weight excluding hydrogens is 266 g/mol. The lowest BCUT2D eigenvalue weighted by molar-refractivity contribution is 0.0944. The van der Waals surface area contributed by atoms with E-state index in [1.54, 1.807) is 6.20 Å². The predicted octanol–water partition coefficient (Wildman–Crippen LogP) is 2.16. The number of amides is 1. The largest absolute Gasteiger partial charge is 0.396 e. The molecule has 118 valence electrons. The van der Waals surface area contributed by atoms with Crippen molar-refractivity contribution in [3.8, 4) is 0 Å². The van der Waals surface area contributed by atoms with Crippen LogP contribution < -0.4 is 5.32 Å². The summed E-state index contributed by atoms with van der Waals surface area (Å²) in [5.74, 6) is 1.27. The van der Waals surface area contributed by atoms with Crippen LogP contribution in [0.1, 0.15) is 62.0 Å². The van der Waals surface area contributed by atoms with Crippen molar-refractivity contribution < 1.29 is 9.90 Å². The van der Waals surface area contributed by atoms with Crippen LogP contribution >= 0.6 is 0 Å². The number of aromatic nitrogens is 2. The molecule has 0 spiro atoms. The molecule has 21 heavy (non-hydrogen) atoms. The number of carbonyl (C=O) groups excluding carboxylic acids is 1. The smallest absolute Gasteiger partial charge is 0.254 e. The highest BCUT2D eigenvalue weighted by Crippen LogP contribution is 2.41. The van der Waals surface area contributed by atoms with Gasteiger partial charge in [-0.15, -0.1) is 0 Å². The molecule has 2 N–H and O–H groups in total. The normalized spacial score (nSPS) is 16.2. The van der Waals surface area contributed by atoms with Crippen molar-refractivity contribution in [1.29, 1.82) is 0 Å². The Bertz CT molecular complexity index is 478. The van der Waals surface area contributed by atoms with Crippen molar-refractivity contribution in [2.75, 3.05) is 13.2 Å². The van der Waals surface area contributed by atoms with E-state index in [1.165, 1.54) is 0 Å². The highest BCUT2D eigenvalue weighted by molar-refractivity contribution is 5.95. The molecule has 1 fully saturated rings. The zero-order valence-electron chi connectivity index (χ0n) is 13.3. The zero-order chi connectivity index (χ0) is 15.4. The molecule has 1 saturated carbocycles. The van der Waals surface area contributed by atoms with Crippen LogP contribution in [0.2, 0.25) is 0 Å². The van der Waals surface area contributed by atoms with Gasteiger partial charge in [-0.05, 0) is 31.1 Å². The van der Waals surface area contributed by atoms with Gasteiger partial charge in [0.15, 0.2) is 0 Å². The Labute approximate surface area is 126 Å². The topological polar surface area (TPSA) is 67.2 Å². The number of aliphatic hydroxyl groups is 1. The molecule has 0 radical (unpaired) electrons. The second-order valence-electron chi connectivity index (χ2n) is 6.62. The molecule has 0 aliphatic heterocycles. The molecule has 1 aliphatic carbocycles. The quantitative estimate of drug-likeness (QED) is 0.772.